The summed E-state index contributed by atoms with van der Waals surface area (Å²) < 4.78 is 68.3. The first-order valence-electron chi connectivity index (χ1n) is 12.3. The number of carbonyl (C=O) groups is 1. The van der Waals surface area contributed by atoms with Gasteiger partial charge in [0.15, 0.2) is 0 Å². The predicted octanol–water partition coefficient (Wildman–Crippen LogP) is 5.61. The normalized spacial score (nSPS) is 21.9. The predicted molar refractivity (Wildman–Crippen MR) is 134 cm³/mol. The zero-order chi connectivity index (χ0) is 26.1. The highest BCUT2D eigenvalue weighted by atomic mass is 32.2. The maximum absolute atomic E-state index is 13.4. The Morgan fingerprint density at radius 3 is 2.28 bits per heavy atom. The van der Waals surface area contributed by atoms with E-state index < -0.39 is 27.7 Å². The van der Waals surface area contributed by atoms with E-state index in [2.05, 4.69) is 5.32 Å². The molecule has 2 heterocycles. The van der Waals surface area contributed by atoms with E-state index in [4.69, 9.17) is 0 Å². The molecular formula is C26H32F3N3O3S. The first-order chi connectivity index (χ1) is 16.9. The summed E-state index contributed by atoms with van der Waals surface area (Å²) in [5.74, 6) is -0.210. The lowest BCUT2D eigenvalue weighted by Gasteiger charge is -2.34. The Labute approximate surface area is 210 Å². The maximum atomic E-state index is 13.4. The van der Waals surface area contributed by atoms with Crippen LogP contribution in [0.4, 0.5) is 24.5 Å². The monoisotopic (exact) mass is 523 g/mol. The minimum Gasteiger partial charge on any atom is -0.370 e. The van der Waals surface area contributed by atoms with Crippen molar-refractivity contribution in [2.75, 3.05) is 36.4 Å². The lowest BCUT2D eigenvalue weighted by molar-refractivity contribution is -0.137. The molecule has 0 spiro atoms. The molecule has 0 radical (unpaired) electrons. The first-order valence-corrected chi connectivity index (χ1v) is 13.8. The van der Waals surface area contributed by atoms with Crippen molar-refractivity contribution in [2.24, 2.45) is 11.8 Å². The van der Waals surface area contributed by atoms with Crippen LogP contribution in [0, 0.1) is 11.8 Å². The summed E-state index contributed by atoms with van der Waals surface area (Å²) in [6.07, 6.45) is -0.722. The average molecular weight is 524 g/mol. The number of sulfonamides is 1. The molecule has 0 aromatic heterocycles. The van der Waals surface area contributed by atoms with Crippen LogP contribution in [-0.4, -0.2) is 44.8 Å². The van der Waals surface area contributed by atoms with Crippen molar-refractivity contribution in [3.05, 3.63) is 53.6 Å². The molecule has 0 saturated carbocycles. The Balaban J connectivity index is 1.62. The number of benzene rings is 2. The zero-order valence-electron chi connectivity index (χ0n) is 20.5. The molecule has 36 heavy (non-hydrogen) atoms. The quantitative estimate of drug-likeness (QED) is 0.553. The van der Waals surface area contributed by atoms with Crippen LogP contribution < -0.4 is 10.2 Å². The second-order valence-electron chi connectivity index (χ2n) is 10.0. The van der Waals surface area contributed by atoms with E-state index in [1.807, 2.05) is 18.7 Å². The fourth-order valence-corrected chi connectivity index (χ4v) is 6.89. The van der Waals surface area contributed by atoms with Crippen LogP contribution in [0.25, 0.3) is 0 Å². The Morgan fingerprint density at radius 2 is 1.64 bits per heavy atom. The van der Waals surface area contributed by atoms with Gasteiger partial charge in [-0.3, -0.25) is 4.79 Å². The largest absolute Gasteiger partial charge is 0.416 e. The van der Waals surface area contributed by atoms with Gasteiger partial charge in [-0.25, -0.2) is 8.42 Å². The van der Waals surface area contributed by atoms with Crippen molar-refractivity contribution >= 4 is 27.3 Å². The van der Waals surface area contributed by atoms with E-state index >= 15 is 0 Å². The summed E-state index contributed by atoms with van der Waals surface area (Å²) in [5, 5.41) is 2.62. The molecule has 2 atom stereocenters. The van der Waals surface area contributed by atoms with Gasteiger partial charge in [-0.05, 0) is 73.9 Å². The molecule has 2 aromatic carbocycles. The second-order valence-corrected chi connectivity index (χ2v) is 12.0. The number of anilines is 2. The molecule has 1 N–H and O–H groups in total. The number of carbonyl (C=O) groups excluding carboxylic acids is 1. The van der Waals surface area contributed by atoms with Crippen molar-refractivity contribution in [1.29, 1.82) is 0 Å². The number of amides is 1. The molecule has 6 nitrogen and oxygen atoms in total. The van der Waals surface area contributed by atoms with Gasteiger partial charge in [-0.2, -0.15) is 17.5 Å². The van der Waals surface area contributed by atoms with Crippen molar-refractivity contribution in [2.45, 2.75) is 50.6 Å². The van der Waals surface area contributed by atoms with Gasteiger partial charge in [0.05, 0.1) is 21.8 Å². The van der Waals surface area contributed by atoms with Crippen LogP contribution >= 0.6 is 0 Å². The van der Waals surface area contributed by atoms with E-state index in [0.717, 1.165) is 37.8 Å². The van der Waals surface area contributed by atoms with E-state index in [-0.39, 0.29) is 28.0 Å². The molecule has 2 aromatic rings. The highest BCUT2D eigenvalue weighted by Gasteiger charge is 2.33. The van der Waals surface area contributed by atoms with Crippen LogP contribution in [0.3, 0.4) is 0 Å². The Kier molecular flexibility index (Phi) is 7.66. The Bertz CT molecular complexity index is 1200. The van der Waals surface area contributed by atoms with Crippen molar-refractivity contribution in [3.8, 4) is 0 Å². The fraction of sp³-hybridized carbons (Fsp3) is 0.500. The van der Waals surface area contributed by atoms with Gasteiger partial charge < -0.3 is 10.2 Å². The van der Waals surface area contributed by atoms with Gasteiger partial charge in [0, 0.05) is 31.7 Å². The van der Waals surface area contributed by atoms with Gasteiger partial charge in [-0.15, -0.1) is 0 Å². The smallest absolute Gasteiger partial charge is 0.370 e. The number of hydrogen-bond donors (Lipinski definition) is 1. The van der Waals surface area contributed by atoms with Gasteiger partial charge >= 0.3 is 6.18 Å². The topological polar surface area (TPSA) is 69.7 Å². The van der Waals surface area contributed by atoms with Gasteiger partial charge in [0.2, 0.25) is 10.0 Å². The SMILES string of the molecule is C[C@@H]1C[C@@H](C)CN(S(=O)(=O)c2cccc(C(=O)Nc3cc(C(F)(F)F)ccc3N3CCCCC3)c2)C1. The van der Waals surface area contributed by atoms with Gasteiger partial charge in [0.25, 0.3) is 5.91 Å². The number of nitrogens with one attached hydrogen (secondary N) is 1. The molecule has 2 saturated heterocycles. The third kappa shape index (κ3) is 5.86. The third-order valence-electron chi connectivity index (χ3n) is 6.84. The Morgan fingerprint density at radius 1 is 0.972 bits per heavy atom. The van der Waals surface area contributed by atoms with Crippen LogP contribution in [0.1, 0.15) is 55.5 Å². The van der Waals surface area contributed by atoms with E-state index in [0.29, 0.717) is 31.9 Å². The molecule has 10 heteroatoms. The molecule has 0 aliphatic carbocycles. The molecule has 2 aliphatic rings. The number of alkyl halides is 3. The summed E-state index contributed by atoms with van der Waals surface area (Å²) in [4.78, 5) is 15.1. The highest BCUT2D eigenvalue weighted by molar-refractivity contribution is 7.89. The van der Waals surface area contributed by atoms with Crippen LogP contribution in [0.5, 0.6) is 0 Å². The first kappa shape index (κ1) is 26.5. The van der Waals surface area contributed by atoms with Crippen molar-refractivity contribution < 1.29 is 26.4 Å². The minimum absolute atomic E-state index is 0.00301. The molecule has 0 bridgehead atoms. The molecule has 2 aliphatic heterocycles. The van der Waals surface area contributed by atoms with Crippen molar-refractivity contribution in [1.82, 2.24) is 4.31 Å². The summed E-state index contributed by atoms with van der Waals surface area (Å²) >= 11 is 0. The van der Waals surface area contributed by atoms with Crippen molar-refractivity contribution in [3.63, 3.8) is 0 Å². The average Bonchev–Trinajstić information content (AvgIpc) is 2.83. The summed E-state index contributed by atoms with van der Waals surface area (Å²) in [5.41, 5.74) is -0.209. The standard InChI is InChI=1S/C26H32F3N3O3S/c1-18-13-19(2)17-32(16-18)36(34,35)22-8-6-7-20(14-22)25(33)30-23-15-21(26(27,28)29)9-10-24(23)31-11-4-3-5-12-31/h6-10,14-15,18-19H,3-5,11-13,16-17H2,1-2H3,(H,30,33)/t18-,19-/m1/s1. The molecule has 0 unspecified atom stereocenters. The van der Waals surface area contributed by atoms with E-state index in [1.54, 1.807) is 0 Å². The van der Waals surface area contributed by atoms with E-state index in [1.165, 1.54) is 34.6 Å². The lowest BCUT2D eigenvalue weighted by Crippen LogP contribution is -2.42. The van der Waals surface area contributed by atoms with Gasteiger partial charge in [0.1, 0.15) is 0 Å². The molecular weight excluding hydrogens is 491 g/mol. The van der Waals surface area contributed by atoms with Gasteiger partial charge in [-0.1, -0.05) is 19.9 Å². The summed E-state index contributed by atoms with van der Waals surface area (Å²) in [6, 6.07) is 9.04. The number of nitrogens with zero attached hydrogens (tertiary/aromatic N) is 2. The van der Waals surface area contributed by atoms with E-state index in [9.17, 15) is 26.4 Å². The minimum atomic E-state index is -4.56. The zero-order valence-corrected chi connectivity index (χ0v) is 21.3. The molecule has 4 rings (SSSR count). The van der Waals surface area contributed by atoms with Crippen LogP contribution in [-0.2, 0) is 16.2 Å². The molecule has 196 valence electrons. The lowest BCUT2D eigenvalue weighted by atomic mass is 9.94. The summed E-state index contributed by atoms with van der Waals surface area (Å²) in [6.45, 7) is 6.22. The number of halogens is 3. The summed E-state index contributed by atoms with van der Waals surface area (Å²) in [7, 11) is -3.81. The molecule has 2 fully saturated rings. The highest BCUT2D eigenvalue weighted by Crippen LogP contribution is 2.36. The third-order valence-corrected chi connectivity index (χ3v) is 8.67. The number of rotatable bonds is 5. The second kappa shape index (κ2) is 10.4. The maximum Gasteiger partial charge on any atom is 0.416 e. The molecule has 1 amide bonds. The Hall–Kier alpha value is -2.59. The van der Waals surface area contributed by atoms with Crippen LogP contribution in [0.15, 0.2) is 47.4 Å². The number of hydrogen-bond acceptors (Lipinski definition) is 4. The number of piperidine rings is 2. The fourth-order valence-electron chi connectivity index (χ4n) is 5.17. The van der Waals surface area contributed by atoms with Crippen LogP contribution in [0.2, 0.25) is 0 Å².